The zero-order valence-electron chi connectivity index (χ0n) is 18.4. The van der Waals surface area contributed by atoms with Crippen LogP contribution in [0.25, 0.3) is 0 Å². The molecular weight excluding hydrogens is 444 g/mol. The minimum atomic E-state index is -0.202. The number of esters is 1. The number of benzene rings is 1. The van der Waals surface area contributed by atoms with Crippen molar-refractivity contribution in [2.75, 3.05) is 39.8 Å². The quantitative estimate of drug-likeness (QED) is 0.200. The van der Waals surface area contributed by atoms with Gasteiger partial charge in [-0.3, -0.25) is 9.59 Å². The smallest absolute Gasteiger partial charge is 0.302 e. The lowest BCUT2D eigenvalue weighted by molar-refractivity contribution is -0.926. The molecule has 30 heavy (non-hydrogen) atoms. The van der Waals surface area contributed by atoms with Crippen LogP contribution >= 0.6 is 15.9 Å². The molecular formula is C24H36BrN2O3+. The fourth-order valence-corrected chi connectivity index (χ4v) is 4.02. The van der Waals surface area contributed by atoms with E-state index in [9.17, 15) is 9.59 Å². The maximum Gasteiger partial charge on any atom is 0.302 e. The van der Waals surface area contributed by atoms with Gasteiger partial charge in [0.25, 0.3) is 0 Å². The average Bonchev–Trinajstić information content (AvgIpc) is 2.71. The predicted molar refractivity (Wildman–Crippen MR) is 124 cm³/mol. The summed E-state index contributed by atoms with van der Waals surface area (Å²) in [6.45, 7) is 6.59. The van der Waals surface area contributed by atoms with Gasteiger partial charge in [-0.15, -0.1) is 0 Å². The van der Waals surface area contributed by atoms with Gasteiger partial charge in [0.05, 0.1) is 39.8 Å². The van der Waals surface area contributed by atoms with Crippen LogP contribution in [0.2, 0.25) is 0 Å². The first kappa shape index (κ1) is 24.6. The lowest BCUT2D eigenvalue weighted by atomic mass is 10.1. The molecule has 5 nitrogen and oxygen atoms in total. The fraction of sp³-hybridized carbons (Fsp3) is 0.583. The number of nitrogens with zero attached hydrogens (tertiary/aromatic N) is 2. The van der Waals surface area contributed by atoms with Crippen LogP contribution in [-0.4, -0.2) is 61.1 Å². The number of quaternary nitrogens is 1. The van der Waals surface area contributed by atoms with Crippen molar-refractivity contribution in [1.82, 2.24) is 4.90 Å². The van der Waals surface area contributed by atoms with E-state index >= 15 is 0 Å². The Bertz CT molecular complexity index is 695. The molecule has 0 N–H and O–H groups in total. The van der Waals surface area contributed by atoms with Gasteiger partial charge in [-0.1, -0.05) is 53.4 Å². The summed E-state index contributed by atoms with van der Waals surface area (Å²) in [6.07, 6.45) is 10.1. The molecule has 1 fully saturated rings. The number of allylic oxidation sites excluding steroid dienone is 1. The van der Waals surface area contributed by atoms with Crippen molar-refractivity contribution in [3.8, 4) is 0 Å². The number of ether oxygens (including phenoxy) is 1. The van der Waals surface area contributed by atoms with Crippen molar-refractivity contribution >= 4 is 27.8 Å². The van der Waals surface area contributed by atoms with Crippen molar-refractivity contribution in [2.24, 2.45) is 0 Å². The highest BCUT2D eigenvalue weighted by Crippen LogP contribution is 2.18. The molecule has 0 radical (unpaired) electrons. The van der Waals surface area contributed by atoms with Gasteiger partial charge >= 0.3 is 5.97 Å². The number of carbonyl (C=O) groups is 2. The second-order valence-electron chi connectivity index (χ2n) is 8.48. The van der Waals surface area contributed by atoms with Gasteiger partial charge in [-0.25, -0.2) is 0 Å². The van der Waals surface area contributed by atoms with Crippen LogP contribution in [0.1, 0.15) is 51.0 Å². The molecule has 1 saturated heterocycles. The number of hydrogen-bond donors (Lipinski definition) is 0. The molecule has 0 bridgehead atoms. The Morgan fingerprint density at radius 1 is 1.07 bits per heavy atom. The van der Waals surface area contributed by atoms with Crippen LogP contribution in [0.4, 0.5) is 0 Å². The molecule has 6 heteroatoms. The molecule has 1 aliphatic rings. The van der Waals surface area contributed by atoms with Gasteiger partial charge in [0.2, 0.25) is 5.91 Å². The molecule has 1 heterocycles. The molecule has 1 aliphatic heterocycles. The summed E-state index contributed by atoms with van der Waals surface area (Å²) in [5.74, 6) is -0.0575. The monoisotopic (exact) mass is 479 g/mol. The third kappa shape index (κ3) is 9.43. The summed E-state index contributed by atoms with van der Waals surface area (Å²) in [5, 5.41) is 0. The molecule has 0 aromatic heterocycles. The number of amides is 1. The highest BCUT2D eigenvalue weighted by molar-refractivity contribution is 9.10. The Hall–Kier alpha value is -1.66. The van der Waals surface area contributed by atoms with E-state index < -0.39 is 0 Å². The largest absolute Gasteiger partial charge is 0.466 e. The van der Waals surface area contributed by atoms with Crippen molar-refractivity contribution in [1.29, 1.82) is 0 Å². The normalized spacial score (nSPS) is 16.0. The number of likely N-dealkylation sites (N-methyl/N-ethyl adjacent to an activating group) is 1. The molecule has 1 aromatic carbocycles. The number of carbonyl (C=O) groups excluding carboxylic acids is 2. The lowest BCUT2D eigenvalue weighted by Gasteiger charge is -2.41. The molecule has 0 aliphatic carbocycles. The highest BCUT2D eigenvalue weighted by atomic mass is 79.9. The molecule has 0 unspecified atom stereocenters. The predicted octanol–water partition coefficient (Wildman–Crippen LogP) is 4.70. The van der Waals surface area contributed by atoms with Crippen LogP contribution in [0.5, 0.6) is 0 Å². The molecule has 1 aromatic rings. The lowest BCUT2D eigenvalue weighted by Crippen LogP contribution is -2.57. The summed E-state index contributed by atoms with van der Waals surface area (Å²) < 4.78 is 7.01. The van der Waals surface area contributed by atoms with Gasteiger partial charge in [0.1, 0.15) is 6.54 Å². The van der Waals surface area contributed by atoms with Gasteiger partial charge in [-0.2, -0.15) is 0 Å². The number of halogens is 1. The SMILES string of the molecule is CC(=O)OCCCCCCC/C=C/C(=O)N1CC[N+](C)(Cc2ccc(Br)cc2)CC1. The summed E-state index contributed by atoms with van der Waals surface area (Å²) in [7, 11) is 2.28. The molecule has 0 spiro atoms. The summed E-state index contributed by atoms with van der Waals surface area (Å²) >= 11 is 3.49. The van der Waals surface area contributed by atoms with Gasteiger partial charge < -0.3 is 14.1 Å². The third-order valence-corrected chi connectivity index (χ3v) is 6.22. The van der Waals surface area contributed by atoms with E-state index in [1.54, 1.807) is 6.08 Å². The van der Waals surface area contributed by atoms with E-state index in [1.165, 1.54) is 12.5 Å². The van der Waals surface area contributed by atoms with Crippen molar-refractivity contribution in [3.05, 3.63) is 46.5 Å². The van der Waals surface area contributed by atoms with E-state index in [4.69, 9.17) is 4.74 Å². The first-order valence-corrected chi connectivity index (χ1v) is 11.8. The molecule has 0 atom stereocenters. The first-order chi connectivity index (χ1) is 14.4. The summed E-state index contributed by atoms with van der Waals surface area (Å²) in [4.78, 5) is 25.1. The first-order valence-electron chi connectivity index (χ1n) is 11.0. The van der Waals surface area contributed by atoms with Crippen LogP contribution in [-0.2, 0) is 20.9 Å². The standard InChI is InChI=1S/C24H36BrN2O3/c1-21(28)30-19-9-7-5-3-4-6-8-10-24(29)26-15-17-27(2,18-16-26)20-22-11-13-23(25)14-12-22/h8,10-14H,3-7,9,15-20H2,1-2H3/q+1/b10-8+. The fourth-order valence-electron chi connectivity index (χ4n) is 3.76. The summed E-state index contributed by atoms with van der Waals surface area (Å²) in [5.41, 5.74) is 1.34. The molecule has 2 rings (SSSR count). The van der Waals surface area contributed by atoms with E-state index in [1.807, 2.05) is 11.0 Å². The van der Waals surface area contributed by atoms with E-state index in [0.717, 1.165) is 80.2 Å². The Labute approximate surface area is 189 Å². The summed E-state index contributed by atoms with van der Waals surface area (Å²) in [6, 6.07) is 8.53. The van der Waals surface area contributed by atoms with Crippen LogP contribution in [0.15, 0.2) is 40.9 Å². The third-order valence-electron chi connectivity index (χ3n) is 5.69. The molecule has 0 saturated carbocycles. The average molecular weight is 480 g/mol. The van der Waals surface area contributed by atoms with Crippen molar-refractivity contribution < 1.29 is 18.8 Å². The molecule has 1 amide bonds. The van der Waals surface area contributed by atoms with Crippen LogP contribution in [0.3, 0.4) is 0 Å². The second kappa shape index (κ2) is 12.9. The van der Waals surface area contributed by atoms with Crippen molar-refractivity contribution in [3.63, 3.8) is 0 Å². The number of unbranched alkanes of at least 4 members (excludes halogenated alkanes) is 5. The Kier molecular flexibility index (Phi) is 10.6. The second-order valence-corrected chi connectivity index (χ2v) is 9.39. The Morgan fingerprint density at radius 2 is 1.70 bits per heavy atom. The van der Waals surface area contributed by atoms with Crippen LogP contribution in [0, 0.1) is 0 Å². The number of hydrogen-bond acceptors (Lipinski definition) is 3. The topological polar surface area (TPSA) is 46.6 Å². The van der Waals surface area contributed by atoms with Crippen molar-refractivity contribution in [2.45, 2.75) is 52.0 Å². The van der Waals surface area contributed by atoms with Gasteiger partial charge in [-0.05, 0) is 37.5 Å². The zero-order valence-corrected chi connectivity index (χ0v) is 20.0. The number of piperazine rings is 1. The Morgan fingerprint density at radius 3 is 2.37 bits per heavy atom. The van der Waals surface area contributed by atoms with Gasteiger partial charge in [0, 0.05) is 17.0 Å². The Balaban J connectivity index is 1.58. The molecule has 166 valence electrons. The van der Waals surface area contributed by atoms with Crippen LogP contribution < -0.4 is 0 Å². The highest BCUT2D eigenvalue weighted by Gasteiger charge is 2.30. The maximum atomic E-state index is 12.5. The van der Waals surface area contributed by atoms with E-state index in [0.29, 0.717) is 6.61 Å². The van der Waals surface area contributed by atoms with E-state index in [2.05, 4.69) is 47.2 Å². The minimum absolute atomic E-state index is 0.145. The maximum absolute atomic E-state index is 12.5. The zero-order chi connectivity index (χ0) is 21.8. The number of rotatable bonds is 11. The minimum Gasteiger partial charge on any atom is -0.466 e. The van der Waals surface area contributed by atoms with E-state index in [-0.39, 0.29) is 11.9 Å². The van der Waals surface area contributed by atoms with Gasteiger partial charge in [0.15, 0.2) is 0 Å².